The summed E-state index contributed by atoms with van der Waals surface area (Å²) in [6.07, 6.45) is 2.00. The van der Waals surface area contributed by atoms with Crippen LogP contribution in [-0.4, -0.2) is 35.9 Å². The van der Waals surface area contributed by atoms with Crippen molar-refractivity contribution in [2.24, 2.45) is 0 Å². The van der Waals surface area contributed by atoms with Crippen LogP contribution < -0.4 is 10.1 Å². The van der Waals surface area contributed by atoms with E-state index in [9.17, 15) is 14.9 Å². The highest BCUT2D eigenvalue weighted by molar-refractivity contribution is 6.31. The third kappa shape index (κ3) is 4.31. The second-order valence-corrected chi connectivity index (χ2v) is 6.73. The van der Waals surface area contributed by atoms with E-state index in [4.69, 9.17) is 16.3 Å². The fraction of sp³-hybridized carbons (Fsp3) is 0.316. The molecule has 1 heterocycles. The van der Waals surface area contributed by atoms with Crippen LogP contribution in [0.15, 0.2) is 36.4 Å². The minimum Gasteiger partial charge on any atom is -0.496 e. The van der Waals surface area contributed by atoms with E-state index in [0.29, 0.717) is 27.6 Å². The Labute approximate surface area is 162 Å². The third-order valence-electron chi connectivity index (χ3n) is 4.55. The van der Waals surface area contributed by atoms with Crippen molar-refractivity contribution in [2.45, 2.75) is 19.4 Å². The highest BCUT2D eigenvalue weighted by Crippen LogP contribution is 2.28. The maximum atomic E-state index is 12.8. The number of hydrogen-bond acceptors (Lipinski definition) is 5. The van der Waals surface area contributed by atoms with Crippen LogP contribution in [0, 0.1) is 10.1 Å². The van der Waals surface area contributed by atoms with E-state index in [1.54, 1.807) is 24.3 Å². The molecule has 142 valence electrons. The normalized spacial score (nSPS) is 13.5. The van der Waals surface area contributed by atoms with Crippen molar-refractivity contribution in [2.75, 3.05) is 25.5 Å². The van der Waals surface area contributed by atoms with E-state index in [1.165, 1.54) is 19.2 Å². The summed E-state index contributed by atoms with van der Waals surface area (Å²) in [7, 11) is 1.51. The number of nitrogens with one attached hydrogen (secondary N) is 1. The molecule has 0 saturated carbocycles. The first kappa shape index (κ1) is 19.0. The zero-order valence-corrected chi connectivity index (χ0v) is 15.7. The standard InChI is InChI=1S/C19H20ClN3O4/c1-27-18-7-5-15(23(25)26)10-13(18)12-21-17-6-4-14(20)11-16(17)19(24)22-8-2-3-9-22/h4-7,10-11,21H,2-3,8-9,12H2,1H3. The molecule has 0 bridgehead atoms. The summed E-state index contributed by atoms with van der Waals surface area (Å²) in [5.41, 5.74) is 1.73. The smallest absolute Gasteiger partial charge is 0.270 e. The maximum Gasteiger partial charge on any atom is 0.270 e. The van der Waals surface area contributed by atoms with Crippen LogP contribution >= 0.6 is 11.6 Å². The molecule has 1 aliphatic heterocycles. The number of non-ortho nitro benzene ring substituents is 1. The molecular weight excluding hydrogens is 370 g/mol. The van der Waals surface area contributed by atoms with Gasteiger partial charge in [0.25, 0.3) is 11.6 Å². The van der Waals surface area contributed by atoms with Crippen molar-refractivity contribution in [3.63, 3.8) is 0 Å². The first-order valence-electron chi connectivity index (χ1n) is 8.63. The van der Waals surface area contributed by atoms with Gasteiger partial charge in [0, 0.05) is 48.0 Å². The number of carbonyl (C=O) groups excluding carboxylic acids is 1. The summed E-state index contributed by atoms with van der Waals surface area (Å²) < 4.78 is 5.29. The number of likely N-dealkylation sites (tertiary alicyclic amines) is 1. The van der Waals surface area contributed by atoms with Gasteiger partial charge in [-0.05, 0) is 37.1 Å². The molecule has 1 saturated heterocycles. The van der Waals surface area contributed by atoms with Gasteiger partial charge in [-0.15, -0.1) is 0 Å². The second kappa shape index (κ2) is 8.26. The Morgan fingerprint density at radius 1 is 1.26 bits per heavy atom. The van der Waals surface area contributed by atoms with E-state index in [2.05, 4.69) is 5.32 Å². The highest BCUT2D eigenvalue weighted by atomic mass is 35.5. The fourth-order valence-electron chi connectivity index (χ4n) is 3.15. The Kier molecular flexibility index (Phi) is 5.81. The Bertz CT molecular complexity index is 866. The zero-order valence-electron chi connectivity index (χ0n) is 14.9. The molecule has 0 spiro atoms. The van der Waals surface area contributed by atoms with Crippen LogP contribution in [0.4, 0.5) is 11.4 Å². The van der Waals surface area contributed by atoms with Crippen molar-refractivity contribution >= 4 is 28.9 Å². The number of methoxy groups -OCH3 is 1. The van der Waals surface area contributed by atoms with Crippen LogP contribution in [0.2, 0.25) is 5.02 Å². The van der Waals surface area contributed by atoms with Crippen molar-refractivity contribution in [1.82, 2.24) is 4.90 Å². The monoisotopic (exact) mass is 389 g/mol. The molecule has 8 heteroatoms. The molecule has 1 amide bonds. The molecule has 0 aliphatic carbocycles. The molecule has 2 aromatic rings. The van der Waals surface area contributed by atoms with Crippen molar-refractivity contribution in [1.29, 1.82) is 0 Å². The lowest BCUT2D eigenvalue weighted by molar-refractivity contribution is -0.384. The highest BCUT2D eigenvalue weighted by Gasteiger charge is 2.22. The van der Waals surface area contributed by atoms with E-state index in [-0.39, 0.29) is 18.1 Å². The summed E-state index contributed by atoms with van der Waals surface area (Å²) >= 11 is 6.09. The van der Waals surface area contributed by atoms with Crippen LogP contribution in [0.1, 0.15) is 28.8 Å². The lowest BCUT2D eigenvalue weighted by Gasteiger charge is -2.19. The van der Waals surface area contributed by atoms with Crippen LogP contribution in [0.5, 0.6) is 5.75 Å². The van der Waals surface area contributed by atoms with E-state index >= 15 is 0 Å². The number of halogens is 1. The predicted molar refractivity (Wildman–Crippen MR) is 104 cm³/mol. The lowest BCUT2D eigenvalue weighted by atomic mass is 10.1. The molecule has 1 fully saturated rings. The van der Waals surface area contributed by atoms with Crippen molar-refractivity contribution < 1.29 is 14.5 Å². The van der Waals surface area contributed by atoms with Gasteiger partial charge in [-0.2, -0.15) is 0 Å². The molecule has 0 atom stereocenters. The van der Waals surface area contributed by atoms with Gasteiger partial charge < -0.3 is 15.0 Å². The third-order valence-corrected chi connectivity index (χ3v) is 4.78. The quantitative estimate of drug-likeness (QED) is 0.593. The first-order chi connectivity index (χ1) is 13.0. The number of benzene rings is 2. The Balaban J connectivity index is 1.85. The van der Waals surface area contributed by atoms with Gasteiger partial charge in [0.15, 0.2) is 0 Å². The number of hydrogen-bond donors (Lipinski definition) is 1. The average Bonchev–Trinajstić information content (AvgIpc) is 3.20. The van der Waals surface area contributed by atoms with Crippen LogP contribution in [0.3, 0.4) is 0 Å². The Morgan fingerprint density at radius 2 is 2.00 bits per heavy atom. The summed E-state index contributed by atoms with van der Waals surface area (Å²) in [5, 5.41) is 14.7. The topological polar surface area (TPSA) is 84.7 Å². The van der Waals surface area contributed by atoms with E-state index in [1.807, 2.05) is 4.90 Å². The van der Waals surface area contributed by atoms with Gasteiger partial charge in [0.05, 0.1) is 17.6 Å². The molecule has 2 aromatic carbocycles. The van der Waals surface area contributed by atoms with Gasteiger partial charge in [0.1, 0.15) is 5.75 Å². The number of nitro benzene ring substituents is 1. The summed E-state index contributed by atoms with van der Waals surface area (Å²) in [6.45, 7) is 1.75. The molecule has 7 nitrogen and oxygen atoms in total. The molecule has 1 aliphatic rings. The first-order valence-corrected chi connectivity index (χ1v) is 9.01. The molecule has 0 radical (unpaired) electrons. The SMILES string of the molecule is COc1ccc([N+](=O)[O-])cc1CNc1ccc(Cl)cc1C(=O)N1CCCC1. The average molecular weight is 390 g/mol. The van der Waals surface area contributed by atoms with Crippen LogP contribution in [-0.2, 0) is 6.54 Å². The number of nitro groups is 1. The minimum atomic E-state index is -0.451. The maximum absolute atomic E-state index is 12.8. The molecule has 0 aromatic heterocycles. The number of carbonyl (C=O) groups is 1. The number of nitrogens with zero attached hydrogens (tertiary/aromatic N) is 2. The van der Waals surface area contributed by atoms with Crippen molar-refractivity contribution in [3.05, 3.63) is 62.7 Å². The molecule has 27 heavy (non-hydrogen) atoms. The fourth-order valence-corrected chi connectivity index (χ4v) is 3.32. The Morgan fingerprint density at radius 3 is 2.67 bits per heavy atom. The zero-order chi connectivity index (χ0) is 19.4. The molecule has 1 N–H and O–H groups in total. The lowest BCUT2D eigenvalue weighted by Crippen LogP contribution is -2.28. The molecule has 3 rings (SSSR count). The number of amides is 1. The summed E-state index contributed by atoms with van der Waals surface area (Å²) in [6, 6.07) is 9.52. The van der Waals surface area contributed by atoms with Crippen molar-refractivity contribution in [3.8, 4) is 5.75 Å². The largest absolute Gasteiger partial charge is 0.496 e. The van der Waals surface area contributed by atoms with Gasteiger partial charge in [-0.25, -0.2) is 0 Å². The van der Waals surface area contributed by atoms with Gasteiger partial charge >= 0.3 is 0 Å². The van der Waals surface area contributed by atoms with Gasteiger partial charge in [-0.1, -0.05) is 11.6 Å². The van der Waals surface area contributed by atoms with E-state index in [0.717, 1.165) is 25.9 Å². The number of ether oxygens (including phenoxy) is 1. The van der Waals surface area contributed by atoms with Gasteiger partial charge in [-0.3, -0.25) is 14.9 Å². The molecular formula is C19H20ClN3O4. The summed E-state index contributed by atoms with van der Waals surface area (Å²) in [5.74, 6) is 0.470. The van der Waals surface area contributed by atoms with Crippen LogP contribution in [0.25, 0.3) is 0 Å². The predicted octanol–water partition coefficient (Wildman–Crippen LogP) is 4.10. The summed E-state index contributed by atoms with van der Waals surface area (Å²) in [4.78, 5) is 25.2. The number of rotatable bonds is 6. The Hall–Kier alpha value is -2.80. The van der Waals surface area contributed by atoms with E-state index < -0.39 is 4.92 Å². The van der Waals surface area contributed by atoms with Gasteiger partial charge in [0.2, 0.25) is 0 Å². The number of anilines is 1. The molecule has 0 unspecified atom stereocenters. The minimum absolute atomic E-state index is 0.0166. The second-order valence-electron chi connectivity index (χ2n) is 6.30.